The first kappa shape index (κ1) is 12.9. The van der Waals surface area contributed by atoms with Gasteiger partial charge in [0.2, 0.25) is 0 Å². The van der Waals surface area contributed by atoms with Crippen molar-refractivity contribution in [3.63, 3.8) is 0 Å². The highest BCUT2D eigenvalue weighted by atomic mass is 16.6. The maximum absolute atomic E-state index is 10.9. The predicted octanol–water partition coefficient (Wildman–Crippen LogP) is 1.41. The van der Waals surface area contributed by atoms with E-state index in [1.54, 1.807) is 12.1 Å². The molecule has 1 aromatic rings. The van der Waals surface area contributed by atoms with Crippen LogP contribution < -0.4 is 4.74 Å². The summed E-state index contributed by atoms with van der Waals surface area (Å²) in [6, 6.07) is 6.24. The van der Waals surface area contributed by atoms with Crippen molar-refractivity contribution in [2.75, 3.05) is 27.2 Å². The van der Waals surface area contributed by atoms with Gasteiger partial charge in [-0.3, -0.25) is 10.1 Å². The second kappa shape index (κ2) is 5.82. The van der Waals surface area contributed by atoms with E-state index < -0.39 is 4.92 Å². The molecule has 1 aromatic carbocycles. The van der Waals surface area contributed by atoms with Crippen LogP contribution in [0.3, 0.4) is 0 Å². The average Bonchev–Trinajstić information content (AvgIpc) is 2.27. The van der Waals surface area contributed by atoms with Crippen LogP contribution in [-0.2, 0) is 0 Å². The van der Waals surface area contributed by atoms with E-state index in [1.165, 1.54) is 12.1 Å². The molecule has 0 aliphatic carbocycles. The minimum Gasteiger partial charge on any atom is -0.485 e. The van der Waals surface area contributed by atoms with Crippen LogP contribution in [0.2, 0.25) is 0 Å². The molecular weight excluding hydrogens is 222 g/mol. The van der Waals surface area contributed by atoms with Gasteiger partial charge in [0, 0.05) is 6.54 Å². The summed E-state index contributed by atoms with van der Waals surface area (Å²) in [4.78, 5) is 12.2. The van der Waals surface area contributed by atoms with Crippen LogP contribution in [0.25, 0.3) is 0 Å². The van der Waals surface area contributed by atoms with Gasteiger partial charge in [-0.1, -0.05) is 6.07 Å². The highest BCUT2D eigenvalue weighted by Gasteiger charge is 2.20. The Morgan fingerprint density at radius 2 is 2.24 bits per heavy atom. The largest absolute Gasteiger partial charge is 0.485 e. The second-order valence-electron chi connectivity index (χ2n) is 3.67. The van der Waals surface area contributed by atoms with Gasteiger partial charge >= 0.3 is 5.69 Å². The SMILES string of the molecule is CN(C)CCOc1cccc(C#N)c1[N+](=O)[O-]. The number of benzene rings is 1. The molecule has 0 fully saturated rings. The molecule has 0 aliphatic rings. The number of hydrogen-bond acceptors (Lipinski definition) is 5. The number of nitro benzene ring substituents is 1. The third-order valence-electron chi connectivity index (χ3n) is 2.10. The zero-order chi connectivity index (χ0) is 12.8. The number of ether oxygens (including phenoxy) is 1. The van der Waals surface area contributed by atoms with Crippen molar-refractivity contribution in [2.45, 2.75) is 0 Å². The maximum Gasteiger partial charge on any atom is 0.328 e. The Labute approximate surface area is 99.2 Å². The lowest BCUT2D eigenvalue weighted by Gasteiger charge is -2.11. The van der Waals surface area contributed by atoms with Gasteiger partial charge in [-0.25, -0.2) is 0 Å². The molecule has 0 spiro atoms. The van der Waals surface area contributed by atoms with E-state index in [4.69, 9.17) is 10.00 Å². The highest BCUT2D eigenvalue weighted by Crippen LogP contribution is 2.30. The smallest absolute Gasteiger partial charge is 0.328 e. The molecule has 6 nitrogen and oxygen atoms in total. The fourth-order valence-corrected chi connectivity index (χ4v) is 1.26. The molecule has 6 heteroatoms. The van der Waals surface area contributed by atoms with Gasteiger partial charge in [-0.2, -0.15) is 5.26 Å². The van der Waals surface area contributed by atoms with E-state index >= 15 is 0 Å². The predicted molar refractivity (Wildman–Crippen MR) is 61.9 cm³/mol. The van der Waals surface area contributed by atoms with Gasteiger partial charge in [0.1, 0.15) is 18.2 Å². The quantitative estimate of drug-likeness (QED) is 0.569. The summed E-state index contributed by atoms with van der Waals surface area (Å²) in [6.45, 7) is 0.983. The highest BCUT2D eigenvalue weighted by molar-refractivity contribution is 5.57. The van der Waals surface area contributed by atoms with Crippen LogP contribution in [-0.4, -0.2) is 37.1 Å². The molecule has 90 valence electrons. The molecule has 0 amide bonds. The summed E-state index contributed by atoms with van der Waals surface area (Å²) in [6.07, 6.45) is 0. The van der Waals surface area contributed by atoms with Gasteiger partial charge in [-0.15, -0.1) is 0 Å². The third kappa shape index (κ3) is 3.43. The number of hydrogen-bond donors (Lipinski definition) is 0. The van der Waals surface area contributed by atoms with Crippen LogP contribution in [0.15, 0.2) is 18.2 Å². The van der Waals surface area contributed by atoms with Crippen LogP contribution in [0.1, 0.15) is 5.56 Å². The Kier molecular flexibility index (Phi) is 4.43. The van der Waals surface area contributed by atoms with Crippen LogP contribution >= 0.6 is 0 Å². The molecule has 0 unspecified atom stereocenters. The van der Waals surface area contributed by atoms with Crippen molar-refractivity contribution in [3.05, 3.63) is 33.9 Å². The molecule has 0 atom stereocenters. The molecule has 0 radical (unpaired) electrons. The number of nitrogens with zero attached hydrogens (tertiary/aromatic N) is 3. The molecule has 0 aromatic heterocycles. The van der Waals surface area contributed by atoms with Crippen molar-refractivity contribution in [1.29, 1.82) is 5.26 Å². The summed E-state index contributed by atoms with van der Waals surface area (Å²) in [5, 5.41) is 19.6. The average molecular weight is 235 g/mol. The second-order valence-corrected chi connectivity index (χ2v) is 3.67. The molecule has 0 N–H and O–H groups in total. The monoisotopic (exact) mass is 235 g/mol. The van der Waals surface area contributed by atoms with E-state index in [0.717, 1.165) is 0 Å². The number of nitriles is 1. The number of nitro groups is 1. The molecule has 17 heavy (non-hydrogen) atoms. The summed E-state index contributed by atoms with van der Waals surface area (Å²) < 4.78 is 5.32. The normalized spacial score (nSPS) is 10.0. The topological polar surface area (TPSA) is 79.4 Å². The van der Waals surface area contributed by atoms with Gasteiger partial charge in [0.15, 0.2) is 5.75 Å². The van der Waals surface area contributed by atoms with Gasteiger partial charge in [0.05, 0.1) is 4.92 Å². The fraction of sp³-hybridized carbons (Fsp3) is 0.364. The minimum atomic E-state index is -0.594. The van der Waals surface area contributed by atoms with E-state index in [0.29, 0.717) is 13.2 Å². The first-order chi connectivity index (χ1) is 8.06. The Hall–Kier alpha value is -2.13. The fourth-order valence-electron chi connectivity index (χ4n) is 1.26. The van der Waals surface area contributed by atoms with Gasteiger partial charge < -0.3 is 9.64 Å². The van der Waals surface area contributed by atoms with Crippen molar-refractivity contribution in [2.24, 2.45) is 0 Å². The Bertz CT molecular complexity index is 452. The molecule has 0 aliphatic heterocycles. The van der Waals surface area contributed by atoms with E-state index in [-0.39, 0.29) is 17.0 Å². The molecular formula is C11H13N3O3. The molecule has 1 rings (SSSR count). The Morgan fingerprint density at radius 1 is 1.53 bits per heavy atom. The Morgan fingerprint density at radius 3 is 2.76 bits per heavy atom. The van der Waals surface area contributed by atoms with Crippen molar-refractivity contribution < 1.29 is 9.66 Å². The maximum atomic E-state index is 10.9. The third-order valence-corrected chi connectivity index (χ3v) is 2.10. The molecule has 0 saturated carbocycles. The summed E-state index contributed by atoms with van der Waals surface area (Å²) in [7, 11) is 3.76. The zero-order valence-corrected chi connectivity index (χ0v) is 9.71. The Balaban J connectivity index is 2.92. The lowest BCUT2D eigenvalue weighted by molar-refractivity contribution is -0.386. The zero-order valence-electron chi connectivity index (χ0n) is 9.71. The first-order valence-corrected chi connectivity index (χ1v) is 5.01. The van der Waals surface area contributed by atoms with Crippen LogP contribution in [0.4, 0.5) is 5.69 Å². The summed E-state index contributed by atoms with van der Waals surface area (Å²) in [5.41, 5.74) is -0.258. The van der Waals surface area contributed by atoms with E-state index in [9.17, 15) is 10.1 Å². The summed E-state index contributed by atoms with van der Waals surface area (Å²) >= 11 is 0. The van der Waals surface area contributed by atoms with Crippen molar-refractivity contribution in [3.8, 4) is 11.8 Å². The minimum absolute atomic E-state index is 0.0114. The lowest BCUT2D eigenvalue weighted by Crippen LogP contribution is -2.19. The molecule has 0 bridgehead atoms. The number of rotatable bonds is 5. The summed E-state index contributed by atoms with van der Waals surface area (Å²) in [5.74, 6) is 0.135. The van der Waals surface area contributed by atoms with Crippen molar-refractivity contribution >= 4 is 5.69 Å². The number of likely N-dealkylation sites (N-methyl/N-ethyl adjacent to an activating group) is 1. The van der Waals surface area contributed by atoms with Crippen molar-refractivity contribution in [1.82, 2.24) is 4.90 Å². The molecule has 0 saturated heterocycles. The van der Waals surface area contributed by atoms with Crippen LogP contribution in [0.5, 0.6) is 5.75 Å². The van der Waals surface area contributed by atoms with Gasteiger partial charge in [-0.05, 0) is 26.2 Å². The lowest BCUT2D eigenvalue weighted by atomic mass is 10.2. The first-order valence-electron chi connectivity index (χ1n) is 5.01. The van der Waals surface area contributed by atoms with Gasteiger partial charge in [0.25, 0.3) is 0 Å². The van der Waals surface area contributed by atoms with E-state index in [1.807, 2.05) is 19.0 Å². The molecule has 0 heterocycles. The van der Waals surface area contributed by atoms with Crippen LogP contribution in [0, 0.1) is 21.4 Å². The standard InChI is InChI=1S/C11H13N3O3/c1-13(2)6-7-17-10-5-3-4-9(8-12)11(10)14(15)16/h3-5H,6-7H2,1-2H3. The van der Waals surface area contributed by atoms with E-state index in [2.05, 4.69) is 0 Å². The number of para-hydroxylation sites is 1.